The van der Waals surface area contributed by atoms with Gasteiger partial charge in [0.05, 0.1) is 43.0 Å². The van der Waals surface area contributed by atoms with Crippen LogP contribution in [0.25, 0.3) is 0 Å². The molecule has 1 heterocycles. The van der Waals surface area contributed by atoms with Crippen LogP contribution in [0.4, 0.5) is 5.69 Å². The fourth-order valence-electron chi connectivity index (χ4n) is 4.26. The lowest BCUT2D eigenvalue weighted by molar-refractivity contribution is -0.139. The van der Waals surface area contributed by atoms with Gasteiger partial charge in [-0.15, -0.1) is 0 Å². The van der Waals surface area contributed by atoms with E-state index >= 15 is 0 Å². The maximum absolute atomic E-state index is 13.3. The minimum atomic E-state index is -0.943. The zero-order chi connectivity index (χ0) is 26.4. The molecule has 3 aromatic carbocycles. The Hall–Kier alpha value is -5.03. The Morgan fingerprint density at radius 3 is 2.11 bits per heavy atom. The molecule has 3 aromatic rings. The standard InChI is InChI=1S/C29H25N3O5/c1-35-28(33)25-24(20-13-7-4-8-14-20)21(17-30)27(31)32(26(25)29(34)36-2)22-15-9-10-16-23(22)37-18-19-11-5-3-6-12-19/h3-16,24H,18,31H2,1-2H3. The third-order valence-electron chi connectivity index (χ3n) is 5.95. The Balaban J connectivity index is 1.94. The van der Waals surface area contributed by atoms with Crippen molar-refractivity contribution in [3.05, 3.63) is 119 Å². The maximum Gasteiger partial charge on any atom is 0.355 e. The Bertz CT molecular complexity index is 1410. The van der Waals surface area contributed by atoms with Crippen LogP contribution < -0.4 is 15.4 Å². The van der Waals surface area contributed by atoms with Crippen molar-refractivity contribution in [1.82, 2.24) is 0 Å². The molecular weight excluding hydrogens is 470 g/mol. The van der Waals surface area contributed by atoms with Crippen LogP contribution in [0.1, 0.15) is 17.0 Å². The summed E-state index contributed by atoms with van der Waals surface area (Å²) in [6.45, 7) is 0.244. The van der Waals surface area contributed by atoms with Crippen molar-refractivity contribution in [3.63, 3.8) is 0 Å². The molecule has 186 valence electrons. The van der Waals surface area contributed by atoms with Gasteiger partial charge in [0.25, 0.3) is 0 Å². The predicted molar refractivity (Wildman–Crippen MR) is 137 cm³/mol. The van der Waals surface area contributed by atoms with E-state index in [0.717, 1.165) is 5.56 Å². The minimum absolute atomic E-state index is 0.0276. The van der Waals surface area contributed by atoms with Gasteiger partial charge in [-0.05, 0) is 23.3 Å². The second-order valence-electron chi connectivity index (χ2n) is 8.08. The Morgan fingerprint density at radius 2 is 1.49 bits per heavy atom. The number of ether oxygens (including phenoxy) is 3. The molecule has 1 aliphatic rings. The third kappa shape index (κ3) is 4.88. The number of allylic oxidation sites excluding steroid dienone is 1. The number of carbonyl (C=O) groups is 2. The second kappa shape index (κ2) is 11.1. The number of rotatable bonds is 7. The molecular formula is C29H25N3O5. The Morgan fingerprint density at radius 1 is 0.892 bits per heavy atom. The Kier molecular flexibility index (Phi) is 7.55. The zero-order valence-electron chi connectivity index (χ0n) is 20.4. The summed E-state index contributed by atoms with van der Waals surface area (Å²) >= 11 is 0. The monoisotopic (exact) mass is 495 g/mol. The van der Waals surface area contributed by atoms with Crippen molar-refractivity contribution in [2.75, 3.05) is 19.1 Å². The van der Waals surface area contributed by atoms with E-state index < -0.39 is 17.9 Å². The van der Waals surface area contributed by atoms with Crippen LogP contribution in [0.2, 0.25) is 0 Å². The number of hydrogen-bond acceptors (Lipinski definition) is 8. The van der Waals surface area contributed by atoms with Gasteiger partial charge in [0.2, 0.25) is 0 Å². The number of para-hydroxylation sites is 2. The number of anilines is 1. The molecule has 37 heavy (non-hydrogen) atoms. The van der Waals surface area contributed by atoms with Crippen LogP contribution >= 0.6 is 0 Å². The number of nitrogens with zero attached hydrogens (tertiary/aromatic N) is 2. The highest BCUT2D eigenvalue weighted by Gasteiger charge is 2.43. The first kappa shape index (κ1) is 25.1. The summed E-state index contributed by atoms with van der Waals surface area (Å²) in [6, 6.07) is 27.5. The topological polar surface area (TPSA) is 115 Å². The first-order chi connectivity index (χ1) is 18.0. The molecule has 0 aliphatic carbocycles. The summed E-state index contributed by atoms with van der Waals surface area (Å²) in [6.07, 6.45) is 0. The molecule has 0 amide bonds. The van der Waals surface area contributed by atoms with Gasteiger partial charge in [-0.3, -0.25) is 4.90 Å². The molecule has 1 atom stereocenters. The van der Waals surface area contributed by atoms with Gasteiger partial charge in [0.15, 0.2) is 0 Å². The van der Waals surface area contributed by atoms with Crippen molar-refractivity contribution >= 4 is 17.6 Å². The molecule has 0 radical (unpaired) electrons. The first-order valence-corrected chi connectivity index (χ1v) is 11.4. The van der Waals surface area contributed by atoms with Gasteiger partial charge in [-0.1, -0.05) is 72.8 Å². The van der Waals surface area contributed by atoms with E-state index in [1.807, 2.05) is 30.3 Å². The molecule has 8 nitrogen and oxygen atoms in total. The second-order valence-corrected chi connectivity index (χ2v) is 8.08. The highest BCUT2D eigenvalue weighted by molar-refractivity contribution is 6.06. The summed E-state index contributed by atoms with van der Waals surface area (Å²) < 4.78 is 16.3. The fourth-order valence-corrected chi connectivity index (χ4v) is 4.26. The molecule has 2 N–H and O–H groups in total. The average Bonchev–Trinajstić information content (AvgIpc) is 2.95. The molecule has 4 rings (SSSR count). The molecule has 0 fully saturated rings. The van der Waals surface area contributed by atoms with E-state index in [1.54, 1.807) is 54.6 Å². The van der Waals surface area contributed by atoms with Gasteiger partial charge >= 0.3 is 11.9 Å². The molecule has 0 spiro atoms. The molecule has 0 saturated carbocycles. The normalized spacial score (nSPS) is 15.2. The highest BCUT2D eigenvalue weighted by Crippen LogP contribution is 2.45. The fraction of sp³-hybridized carbons (Fsp3) is 0.138. The average molecular weight is 496 g/mol. The summed E-state index contributed by atoms with van der Waals surface area (Å²) in [4.78, 5) is 27.8. The molecule has 1 aliphatic heterocycles. The molecule has 8 heteroatoms. The lowest BCUT2D eigenvalue weighted by Gasteiger charge is -2.36. The van der Waals surface area contributed by atoms with Crippen molar-refractivity contribution in [1.29, 1.82) is 5.26 Å². The van der Waals surface area contributed by atoms with Crippen LogP contribution in [-0.2, 0) is 25.7 Å². The van der Waals surface area contributed by atoms with Crippen molar-refractivity contribution < 1.29 is 23.8 Å². The largest absolute Gasteiger partial charge is 0.487 e. The number of esters is 2. The summed E-state index contributed by atoms with van der Waals surface area (Å²) in [7, 11) is 2.42. The van der Waals surface area contributed by atoms with Crippen LogP contribution in [0.5, 0.6) is 5.75 Å². The lowest BCUT2D eigenvalue weighted by Crippen LogP contribution is -2.41. The van der Waals surface area contributed by atoms with Gasteiger partial charge in [0.1, 0.15) is 23.9 Å². The molecule has 0 aromatic heterocycles. The van der Waals surface area contributed by atoms with Crippen LogP contribution in [0.3, 0.4) is 0 Å². The number of nitriles is 1. The molecule has 1 unspecified atom stereocenters. The van der Waals surface area contributed by atoms with Crippen LogP contribution in [-0.4, -0.2) is 26.2 Å². The van der Waals surface area contributed by atoms with Gasteiger partial charge < -0.3 is 19.9 Å². The summed E-state index contributed by atoms with van der Waals surface area (Å²) in [5.41, 5.74) is 8.33. The number of methoxy groups -OCH3 is 2. The van der Waals surface area contributed by atoms with E-state index in [4.69, 9.17) is 19.9 Å². The van der Waals surface area contributed by atoms with E-state index in [0.29, 0.717) is 17.0 Å². The smallest absolute Gasteiger partial charge is 0.355 e. The van der Waals surface area contributed by atoms with Gasteiger partial charge in [-0.2, -0.15) is 5.26 Å². The van der Waals surface area contributed by atoms with Crippen molar-refractivity contribution in [2.24, 2.45) is 5.73 Å². The Labute approximate surface area is 214 Å². The number of benzene rings is 3. The van der Waals surface area contributed by atoms with Gasteiger partial charge in [0, 0.05) is 0 Å². The number of hydrogen-bond donors (Lipinski definition) is 1. The molecule has 0 saturated heterocycles. The van der Waals surface area contributed by atoms with E-state index in [9.17, 15) is 14.9 Å². The maximum atomic E-state index is 13.3. The van der Waals surface area contributed by atoms with E-state index in [1.165, 1.54) is 19.1 Å². The quantitative estimate of drug-likeness (QED) is 0.486. The zero-order valence-corrected chi connectivity index (χ0v) is 20.4. The van der Waals surface area contributed by atoms with Crippen molar-refractivity contribution in [3.8, 4) is 11.8 Å². The summed E-state index contributed by atoms with van der Waals surface area (Å²) in [5, 5.41) is 10.2. The third-order valence-corrected chi connectivity index (χ3v) is 5.95. The first-order valence-electron chi connectivity index (χ1n) is 11.4. The van der Waals surface area contributed by atoms with Crippen LogP contribution in [0.15, 0.2) is 108 Å². The number of nitrogens with two attached hydrogens (primary N) is 1. The molecule has 0 bridgehead atoms. The predicted octanol–water partition coefficient (Wildman–Crippen LogP) is 4.16. The van der Waals surface area contributed by atoms with Gasteiger partial charge in [-0.25, -0.2) is 9.59 Å². The minimum Gasteiger partial charge on any atom is -0.487 e. The lowest BCUT2D eigenvalue weighted by atomic mass is 9.81. The van der Waals surface area contributed by atoms with E-state index in [2.05, 4.69) is 6.07 Å². The SMILES string of the molecule is COC(=O)C1=C(C(=O)OC)N(c2ccccc2OCc2ccccc2)C(N)=C(C#N)C1c1ccccc1. The van der Waals surface area contributed by atoms with E-state index in [-0.39, 0.29) is 29.3 Å². The van der Waals surface area contributed by atoms with Crippen LogP contribution in [0, 0.1) is 11.3 Å². The number of carbonyl (C=O) groups excluding carboxylic acids is 2. The highest BCUT2D eigenvalue weighted by atomic mass is 16.5. The summed E-state index contributed by atoms with van der Waals surface area (Å²) in [5.74, 6) is -2.20. The van der Waals surface area contributed by atoms with Crippen molar-refractivity contribution in [2.45, 2.75) is 12.5 Å².